The summed E-state index contributed by atoms with van der Waals surface area (Å²) >= 11 is 0. The van der Waals surface area contributed by atoms with Crippen molar-refractivity contribution in [1.29, 1.82) is 0 Å². The Morgan fingerprint density at radius 1 is 0.905 bits per heavy atom. The number of fused-ring (bicyclic) bond motifs is 3. The first-order valence-corrected chi connectivity index (χ1v) is 7.07. The predicted octanol–water partition coefficient (Wildman–Crippen LogP) is 3.94. The molecule has 0 aliphatic rings. The van der Waals surface area contributed by atoms with Gasteiger partial charge < -0.3 is 4.57 Å². The monoisotopic (exact) mass is 273 g/mol. The van der Waals surface area contributed by atoms with Crippen molar-refractivity contribution < 1.29 is 0 Å². The molecule has 2 heterocycles. The molecule has 3 heteroatoms. The van der Waals surface area contributed by atoms with E-state index in [1.165, 1.54) is 11.1 Å². The van der Waals surface area contributed by atoms with Gasteiger partial charge in [0.1, 0.15) is 11.3 Å². The smallest absolute Gasteiger partial charge is 0.108 e. The molecule has 0 saturated heterocycles. The molecule has 0 bridgehead atoms. The van der Waals surface area contributed by atoms with Crippen LogP contribution in [0.1, 0.15) is 11.4 Å². The van der Waals surface area contributed by atoms with E-state index < -0.39 is 0 Å². The number of aryl methyl sites for hydroxylation is 1. The van der Waals surface area contributed by atoms with E-state index >= 15 is 0 Å². The molecular formula is C18H15N3. The summed E-state index contributed by atoms with van der Waals surface area (Å²) in [5.41, 5.74) is 4.42. The largest absolute Gasteiger partial charge is 0.323 e. The van der Waals surface area contributed by atoms with Crippen LogP contribution in [0.25, 0.3) is 21.9 Å². The number of aromatic nitrogens is 3. The zero-order valence-electron chi connectivity index (χ0n) is 11.8. The molecule has 3 nitrogen and oxygen atoms in total. The Bertz CT molecular complexity index is 923. The second-order valence-electron chi connectivity index (χ2n) is 5.24. The Hall–Kier alpha value is -2.68. The molecular weight excluding hydrogens is 258 g/mol. The van der Waals surface area contributed by atoms with Crippen LogP contribution in [0.4, 0.5) is 0 Å². The van der Waals surface area contributed by atoms with Crippen molar-refractivity contribution in [2.45, 2.75) is 13.5 Å². The Morgan fingerprint density at radius 2 is 1.67 bits per heavy atom. The van der Waals surface area contributed by atoms with Gasteiger partial charge in [0.05, 0.1) is 17.2 Å². The van der Waals surface area contributed by atoms with Gasteiger partial charge >= 0.3 is 0 Å². The van der Waals surface area contributed by atoms with Crippen LogP contribution in [0.2, 0.25) is 0 Å². The first kappa shape index (κ1) is 12.1. The van der Waals surface area contributed by atoms with E-state index in [2.05, 4.69) is 57.9 Å². The van der Waals surface area contributed by atoms with Crippen molar-refractivity contribution in [3.8, 4) is 0 Å². The number of hydrogen-bond acceptors (Lipinski definition) is 2. The topological polar surface area (TPSA) is 30.7 Å². The molecule has 2 aromatic heterocycles. The van der Waals surface area contributed by atoms with E-state index in [4.69, 9.17) is 0 Å². The SMILES string of the molecule is Cc1nc2cnc3ccccc3c2n1Cc1ccccc1. The van der Waals surface area contributed by atoms with E-state index in [1.54, 1.807) is 0 Å². The van der Waals surface area contributed by atoms with Crippen molar-refractivity contribution in [2.75, 3.05) is 0 Å². The highest BCUT2D eigenvalue weighted by Crippen LogP contribution is 2.25. The molecule has 0 aliphatic heterocycles. The average molecular weight is 273 g/mol. The van der Waals surface area contributed by atoms with Crippen molar-refractivity contribution in [3.05, 3.63) is 72.2 Å². The van der Waals surface area contributed by atoms with E-state index in [0.717, 1.165) is 28.8 Å². The highest BCUT2D eigenvalue weighted by Gasteiger charge is 2.11. The van der Waals surface area contributed by atoms with E-state index in [-0.39, 0.29) is 0 Å². The standard InChI is InChI=1S/C18H15N3/c1-13-20-17-11-19-16-10-6-5-9-15(16)18(17)21(13)12-14-7-3-2-4-8-14/h2-11H,12H2,1H3. The van der Waals surface area contributed by atoms with Gasteiger partial charge in [-0.05, 0) is 18.6 Å². The molecule has 102 valence electrons. The minimum absolute atomic E-state index is 0.831. The van der Waals surface area contributed by atoms with Crippen molar-refractivity contribution in [1.82, 2.24) is 14.5 Å². The van der Waals surface area contributed by atoms with Gasteiger partial charge in [0.15, 0.2) is 0 Å². The quantitative estimate of drug-likeness (QED) is 0.554. The molecule has 2 aromatic carbocycles. The number of hydrogen-bond donors (Lipinski definition) is 0. The fourth-order valence-corrected chi connectivity index (χ4v) is 2.84. The second-order valence-corrected chi connectivity index (χ2v) is 5.24. The fourth-order valence-electron chi connectivity index (χ4n) is 2.84. The summed E-state index contributed by atoms with van der Waals surface area (Å²) in [5, 5.41) is 1.16. The van der Waals surface area contributed by atoms with Gasteiger partial charge in [-0.25, -0.2) is 4.98 Å². The average Bonchev–Trinajstić information content (AvgIpc) is 2.85. The summed E-state index contributed by atoms with van der Waals surface area (Å²) in [7, 11) is 0. The molecule has 0 aliphatic carbocycles. The third kappa shape index (κ3) is 1.98. The first-order valence-electron chi connectivity index (χ1n) is 7.07. The summed E-state index contributed by atoms with van der Waals surface area (Å²) < 4.78 is 2.27. The van der Waals surface area contributed by atoms with Crippen molar-refractivity contribution in [2.24, 2.45) is 0 Å². The summed E-state index contributed by atoms with van der Waals surface area (Å²) in [6.45, 7) is 2.88. The van der Waals surface area contributed by atoms with Crippen LogP contribution in [0.15, 0.2) is 60.8 Å². The summed E-state index contributed by atoms with van der Waals surface area (Å²) in [6.07, 6.45) is 1.87. The van der Waals surface area contributed by atoms with Crippen LogP contribution in [-0.2, 0) is 6.54 Å². The lowest BCUT2D eigenvalue weighted by atomic mass is 10.2. The number of para-hydroxylation sites is 1. The molecule has 4 aromatic rings. The molecule has 0 radical (unpaired) electrons. The van der Waals surface area contributed by atoms with E-state index in [0.29, 0.717) is 0 Å². The van der Waals surface area contributed by atoms with E-state index in [1.807, 2.05) is 24.4 Å². The maximum atomic E-state index is 4.66. The van der Waals surface area contributed by atoms with Crippen LogP contribution in [-0.4, -0.2) is 14.5 Å². The third-order valence-electron chi connectivity index (χ3n) is 3.85. The minimum Gasteiger partial charge on any atom is -0.323 e. The third-order valence-corrected chi connectivity index (χ3v) is 3.85. The zero-order chi connectivity index (χ0) is 14.2. The normalized spacial score (nSPS) is 11.3. The van der Waals surface area contributed by atoms with Gasteiger partial charge in [0.2, 0.25) is 0 Å². The lowest BCUT2D eigenvalue weighted by Gasteiger charge is -2.08. The Kier molecular flexibility index (Phi) is 2.71. The highest BCUT2D eigenvalue weighted by molar-refractivity contribution is 6.02. The Morgan fingerprint density at radius 3 is 2.52 bits per heavy atom. The number of benzene rings is 2. The summed E-state index contributed by atoms with van der Waals surface area (Å²) in [6, 6.07) is 18.7. The number of nitrogens with zero attached hydrogens (tertiary/aromatic N) is 3. The minimum atomic E-state index is 0.831. The van der Waals surface area contributed by atoms with Crippen molar-refractivity contribution in [3.63, 3.8) is 0 Å². The van der Waals surface area contributed by atoms with Crippen LogP contribution in [0.5, 0.6) is 0 Å². The van der Waals surface area contributed by atoms with Crippen LogP contribution in [0.3, 0.4) is 0 Å². The molecule has 21 heavy (non-hydrogen) atoms. The Labute approximate surface area is 122 Å². The zero-order valence-corrected chi connectivity index (χ0v) is 11.8. The van der Waals surface area contributed by atoms with Gasteiger partial charge in [0.25, 0.3) is 0 Å². The van der Waals surface area contributed by atoms with Gasteiger partial charge in [-0.15, -0.1) is 0 Å². The maximum absolute atomic E-state index is 4.66. The van der Waals surface area contributed by atoms with E-state index in [9.17, 15) is 0 Å². The van der Waals surface area contributed by atoms with Gasteiger partial charge in [-0.3, -0.25) is 4.98 Å². The van der Waals surface area contributed by atoms with Crippen LogP contribution in [0, 0.1) is 6.92 Å². The molecule has 0 spiro atoms. The first-order chi connectivity index (χ1) is 10.3. The highest BCUT2D eigenvalue weighted by atomic mass is 15.1. The van der Waals surface area contributed by atoms with Crippen molar-refractivity contribution >= 4 is 21.9 Å². The molecule has 0 saturated carbocycles. The molecule has 0 fully saturated rings. The van der Waals surface area contributed by atoms with Gasteiger partial charge in [-0.2, -0.15) is 0 Å². The molecule has 0 N–H and O–H groups in total. The summed E-state index contributed by atoms with van der Waals surface area (Å²) in [5.74, 6) is 1.02. The lowest BCUT2D eigenvalue weighted by Crippen LogP contribution is -2.02. The lowest BCUT2D eigenvalue weighted by molar-refractivity contribution is 0.788. The number of pyridine rings is 1. The van der Waals surface area contributed by atoms with Crippen LogP contribution < -0.4 is 0 Å². The van der Waals surface area contributed by atoms with Crippen LogP contribution >= 0.6 is 0 Å². The summed E-state index contributed by atoms with van der Waals surface area (Å²) in [4.78, 5) is 9.15. The van der Waals surface area contributed by atoms with Gasteiger partial charge in [-0.1, -0.05) is 48.5 Å². The second kappa shape index (κ2) is 4.70. The molecule has 0 atom stereocenters. The molecule has 0 unspecified atom stereocenters. The molecule has 0 amide bonds. The molecule has 4 rings (SSSR count). The number of rotatable bonds is 2. The fraction of sp³-hybridized carbons (Fsp3) is 0.111. The van der Waals surface area contributed by atoms with Gasteiger partial charge in [0, 0.05) is 11.9 Å². The predicted molar refractivity (Wildman–Crippen MR) is 85.3 cm³/mol. The number of imidazole rings is 1. The Balaban J connectivity index is 1.99. The maximum Gasteiger partial charge on any atom is 0.108 e.